The number of hydrogen-bond acceptors (Lipinski definition) is 4. The molecule has 3 aromatic heterocycles. The van der Waals surface area contributed by atoms with Gasteiger partial charge in [0.1, 0.15) is 0 Å². The lowest BCUT2D eigenvalue weighted by molar-refractivity contribution is -0.137. The van der Waals surface area contributed by atoms with Gasteiger partial charge in [0.2, 0.25) is 0 Å². The Morgan fingerprint density at radius 2 is 1.96 bits per heavy atom. The van der Waals surface area contributed by atoms with Crippen molar-refractivity contribution in [2.24, 2.45) is 0 Å². The van der Waals surface area contributed by atoms with Gasteiger partial charge in [0.15, 0.2) is 11.5 Å². The van der Waals surface area contributed by atoms with Crippen LogP contribution in [0.2, 0.25) is 0 Å². The Labute approximate surface area is 144 Å². The number of aromatic nitrogens is 3. The van der Waals surface area contributed by atoms with E-state index in [0.717, 1.165) is 22.7 Å². The molecule has 0 unspecified atom stereocenters. The molecule has 0 spiro atoms. The van der Waals surface area contributed by atoms with Gasteiger partial charge in [-0.1, -0.05) is 12.1 Å². The molecule has 0 aliphatic carbocycles. The van der Waals surface area contributed by atoms with Crippen LogP contribution in [0.5, 0.6) is 0 Å². The minimum atomic E-state index is -4.39. The predicted octanol–water partition coefficient (Wildman–Crippen LogP) is 5.22. The lowest BCUT2D eigenvalue weighted by atomic mass is 10.2. The third kappa shape index (κ3) is 2.96. The highest BCUT2D eigenvalue weighted by Crippen LogP contribution is 2.32. The molecule has 0 aliphatic rings. The van der Waals surface area contributed by atoms with Crippen LogP contribution in [0.4, 0.5) is 24.7 Å². The molecule has 4 aromatic rings. The summed E-state index contributed by atoms with van der Waals surface area (Å²) in [7, 11) is 0. The molecule has 0 saturated carbocycles. The summed E-state index contributed by atoms with van der Waals surface area (Å²) in [4.78, 5) is 9.63. The van der Waals surface area contributed by atoms with Gasteiger partial charge in [-0.15, -0.1) is 11.3 Å². The number of nitrogens with one attached hydrogen (secondary N) is 1. The Morgan fingerprint density at radius 1 is 1.08 bits per heavy atom. The highest BCUT2D eigenvalue weighted by atomic mass is 32.1. The number of alkyl halides is 3. The zero-order chi connectivity index (χ0) is 17.4. The van der Waals surface area contributed by atoms with Crippen LogP contribution in [-0.2, 0) is 6.18 Å². The number of anilines is 2. The van der Waals surface area contributed by atoms with Crippen LogP contribution in [-0.4, -0.2) is 14.4 Å². The SMILES string of the molecule is FC(F)(F)c1cccc(Nc2nccn3c(-c4cccs4)cnc23)c1. The minimum absolute atomic E-state index is 0.302. The first-order valence-corrected chi connectivity index (χ1v) is 8.20. The molecule has 126 valence electrons. The molecule has 4 rings (SSSR count). The van der Waals surface area contributed by atoms with Crippen molar-refractivity contribution in [3.8, 4) is 10.6 Å². The van der Waals surface area contributed by atoms with Crippen LogP contribution >= 0.6 is 11.3 Å². The topological polar surface area (TPSA) is 42.2 Å². The molecular formula is C17H11F3N4S. The quantitative estimate of drug-likeness (QED) is 0.545. The van der Waals surface area contributed by atoms with Gasteiger partial charge in [-0.2, -0.15) is 13.2 Å². The molecule has 4 nitrogen and oxygen atoms in total. The Hall–Kier alpha value is -2.87. The third-order valence-corrected chi connectivity index (χ3v) is 4.55. The Balaban J connectivity index is 1.74. The van der Waals surface area contributed by atoms with Crippen LogP contribution in [0.3, 0.4) is 0 Å². The summed E-state index contributed by atoms with van der Waals surface area (Å²) >= 11 is 1.58. The Bertz CT molecular complexity index is 1020. The van der Waals surface area contributed by atoms with Crippen LogP contribution in [0, 0.1) is 0 Å². The molecule has 25 heavy (non-hydrogen) atoms. The summed E-state index contributed by atoms with van der Waals surface area (Å²) in [6, 6.07) is 8.92. The van der Waals surface area contributed by atoms with E-state index in [1.165, 1.54) is 6.07 Å². The van der Waals surface area contributed by atoms with Gasteiger partial charge >= 0.3 is 6.18 Å². The average Bonchev–Trinajstić information content (AvgIpc) is 3.24. The number of rotatable bonds is 3. The van der Waals surface area contributed by atoms with E-state index in [0.29, 0.717) is 17.2 Å². The molecule has 0 radical (unpaired) electrons. The average molecular weight is 360 g/mol. The van der Waals surface area contributed by atoms with Crippen molar-refractivity contribution in [1.82, 2.24) is 14.4 Å². The van der Waals surface area contributed by atoms with Gasteiger partial charge in [0, 0.05) is 18.1 Å². The molecule has 1 aromatic carbocycles. The smallest absolute Gasteiger partial charge is 0.337 e. The van der Waals surface area contributed by atoms with Crippen molar-refractivity contribution in [2.75, 3.05) is 5.32 Å². The normalized spacial score (nSPS) is 11.8. The van der Waals surface area contributed by atoms with E-state index in [4.69, 9.17) is 0 Å². The van der Waals surface area contributed by atoms with Crippen molar-refractivity contribution in [1.29, 1.82) is 0 Å². The number of nitrogens with zero attached hydrogens (tertiary/aromatic N) is 3. The van der Waals surface area contributed by atoms with Crippen LogP contribution in [0.25, 0.3) is 16.2 Å². The Kier molecular flexibility index (Phi) is 3.69. The van der Waals surface area contributed by atoms with E-state index in [-0.39, 0.29) is 0 Å². The number of fused-ring (bicyclic) bond motifs is 1. The summed E-state index contributed by atoms with van der Waals surface area (Å²) in [5.41, 5.74) is 1.03. The maximum Gasteiger partial charge on any atom is 0.416 e. The minimum Gasteiger partial charge on any atom is -0.337 e. The van der Waals surface area contributed by atoms with E-state index < -0.39 is 11.7 Å². The van der Waals surface area contributed by atoms with Gasteiger partial charge in [-0.25, -0.2) is 9.97 Å². The van der Waals surface area contributed by atoms with Gasteiger partial charge in [0.25, 0.3) is 0 Å². The number of thiophene rings is 1. The van der Waals surface area contributed by atoms with Crippen LogP contribution < -0.4 is 5.32 Å². The fourth-order valence-electron chi connectivity index (χ4n) is 2.52. The van der Waals surface area contributed by atoms with Gasteiger partial charge in [-0.05, 0) is 29.6 Å². The second-order valence-corrected chi connectivity index (χ2v) is 6.24. The summed E-state index contributed by atoms with van der Waals surface area (Å²) < 4.78 is 40.4. The zero-order valence-electron chi connectivity index (χ0n) is 12.7. The lowest BCUT2D eigenvalue weighted by Gasteiger charge is -2.10. The molecule has 8 heteroatoms. The van der Waals surface area contributed by atoms with E-state index >= 15 is 0 Å². The fourth-order valence-corrected chi connectivity index (χ4v) is 3.26. The first kappa shape index (κ1) is 15.6. The molecule has 0 atom stereocenters. The van der Waals surface area contributed by atoms with Crippen LogP contribution in [0.1, 0.15) is 5.56 Å². The molecule has 0 bridgehead atoms. The zero-order valence-corrected chi connectivity index (χ0v) is 13.5. The molecule has 0 amide bonds. The van der Waals surface area contributed by atoms with Crippen molar-refractivity contribution in [3.63, 3.8) is 0 Å². The van der Waals surface area contributed by atoms with Gasteiger partial charge in [-0.3, -0.25) is 4.40 Å². The largest absolute Gasteiger partial charge is 0.416 e. The molecule has 3 heterocycles. The van der Waals surface area contributed by atoms with E-state index in [1.54, 1.807) is 36.0 Å². The monoisotopic (exact) mass is 360 g/mol. The highest BCUT2D eigenvalue weighted by molar-refractivity contribution is 7.13. The van der Waals surface area contributed by atoms with E-state index in [9.17, 15) is 13.2 Å². The summed E-state index contributed by atoms with van der Waals surface area (Å²) in [6.07, 6.45) is 0.688. The second kappa shape index (κ2) is 5.89. The van der Waals surface area contributed by atoms with E-state index in [1.807, 2.05) is 21.9 Å². The van der Waals surface area contributed by atoms with Gasteiger partial charge in [0.05, 0.1) is 22.3 Å². The number of imidazole rings is 1. The van der Waals surface area contributed by atoms with E-state index in [2.05, 4.69) is 15.3 Å². The Morgan fingerprint density at radius 3 is 2.72 bits per heavy atom. The molecular weight excluding hydrogens is 349 g/mol. The van der Waals surface area contributed by atoms with Crippen molar-refractivity contribution in [3.05, 3.63) is 65.9 Å². The lowest BCUT2D eigenvalue weighted by Crippen LogP contribution is -2.05. The second-order valence-electron chi connectivity index (χ2n) is 5.29. The first-order valence-electron chi connectivity index (χ1n) is 7.32. The maximum atomic E-state index is 12.9. The molecule has 1 N–H and O–H groups in total. The summed E-state index contributed by atoms with van der Waals surface area (Å²) in [6.45, 7) is 0. The molecule has 0 aliphatic heterocycles. The standard InChI is InChI=1S/C17H11F3N4S/c18-17(19,20)11-3-1-4-12(9-11)23-15-16-22-10-13(14-5-2-8-25-14)24(16)7-6-21-15/h1-10H,(H,21,23). The van der Waals surface area contributed by atoms with Crippen LogP contribution in [0.15, 0.2) is 60.4 Å². The predicted molar refractivity (Wildman–Crippen MR) is 91.0 cm³/mol. The number of halogens is 3. The van der Waals surface area contributed by atoms with Gasteiger partial charge < -0.3 is 5.32 Å². The van der Waals surface area contributed by atoms with Crippen molar-refractivity contribution < 1.29 is 13.2 Å². The maximum absolute atomic E-state index is 12.9. The number of hydrogen-bond donors (Lipinski definition) is 1. The first-order chi connectivity index (χ1) is 12.0. The molecule has 0 saturated heterocycles. The summed E-state index contributed by atoms with van der Waals surface area (Å²) in [5, 5.41) is 4.90. The highest BCUT2D eigenvalue weighted by Gasteiger charge is 2.30. The fraction of sp³-hybridized carbons (Fsp3) is 0.0588. The van der Waals surface area contributed by atoms with Crippen molar-refractivity contribution in [2.45, 2.75) is 6.18 Å². The number of benzene rings is 1. The third-order valence-electron chi connectivity index (χ3n) is 3.65. The van der Waals surface area contributed by atoms with Crippen molar-refractivity contribution >= 4 is 28.5 Å². The summed E-state index contributed by atoms with van der Waals surface area (Å²) in [5.74, 6) is 0.393. The molecule has 0 fully saturated rings.